The number of benzene rings is 2. The average Bonchev–Trinajstić information content (AvgIpc) is 2.95. The summed E-state index contributed by atoms with van der Waals surface area (Å²) in [6.07, 6.45) is 2.01. The zero-order chi connectivity index (χ0) is 13.9. The Balaban J connectivity index is 1.87. The summed E-state index contributed by atoms with van der Waals surface area (Å²) in [4.78, 5) is 0. The lowest BCUT2D eigenvalue weighted by molar-refractivity contribution is 0.349. The lowest BCUT2D eigenvalue weighted by atomic mass is 9.96. The molecule has 0 spiro atoms. The van der Waals surface area contributed by atoms with Gasteiger partial charge in [0.15, 0.2) is 0 Å². The zero-order valence-corrected chi connectivity index (χ0v) is 12.1. The van der Waals surface area contributed by atoms with Crippen LogP contribution in [0.5, 0.6) is 5.75 Å². The molecule has 1 atom stereocenters. The van der Waals surface area contributed by atoms with Crippen LogP contribution in [0.25, 0.3) is 0 Å². The second-order valence-electron chi connectivity index (χ2n) is 5.46. The first kappa shape index (κ1) is 13.2. The molecule has 2 nitrogen and oxygen atoms in total. The maximum atomic E-state index is 5.83. The van der Waals surface area contributed by atoms with Gasteiger partial charge in [-0.2, -0.15) is 0 Å². The minimum absolute atomic E-state index is 0.297. The van der Waals surface area contributed by atoms with Crippen LogP contribution in [-0.2, 0) is 12.8 Å². The Morgan fingerprint density at radius 3 is 2.70 bits per heavy atom. The highest BCUT2D eigenvalue weighted by molar-refractivity contribution is 5.46. The Morgan fingerprint density at radius 1 is 1.15 bits per heavy atom. The summed E-state index contributed by atoms with van der Waals surface area (Å²) in [6.45, 7) is 2.94. The van der Waals surface area contributed by atoms with E-state index in [9.17, 15) is 0 Å². The smallest absolute Gasteiger partial charge is 0.127 e. The van der Waals surface area contributed by atoms with Gasteiger partial charge in [-0.1, -0.05) is 48.0 Å². The van der Waals surface area contributed by atoms with Crippen LogP contribution in [0.15, 0.2) is 42.5 Å². The third-order valence-electron chi connectivity index (χ3n) is 4.03. The summed E-state index contributed by atoms with van der Waals surface area (Å²) in [6, 6.07) is 15.6. The molecule has 0 radical (unpaired) electrons. The van der Waals surface area contributed by atoms with Gasteiger partial charge in [-0.15, -0.1) is 0 Å². The molecule has 104 valence electrons. The quantitative estimate of drug-likeness (QED) is 0.916. The third kappa shape index (κ3) is 2.56. The second-order valence-corrected chi connectivity index (χ2v) is 5.46. The molecular formula is C18H21NO. The summed E-state index contributed by atoms with van der Waals surface area (Å²) in [7, 11) is 2.02. The van der Waals surface area contributed by atoms with E-state index in [1.54, 1.807) is 0 Å². The van der Waals surface area contributed by atoms with Gasteiger partial charge in [0.05, 0.1) is 6.61 Å². The van der Waals surface area contributed by atoms with E-state index in [-0.39, 0.29) is 0 Å². The van der Waals surface area contributed by atoms with Crippen LogP contribution < -0.4 is 10.1 Å². The second kappa shape index (κ2) is 5.68. The van der Waals surface area contributed by atoms with E-state index in [2.05, 4.69) is 54.7 Å². The minimum atomic E-state index is 0.297. The molecule has 0 saturated carbocycles. The van der Waals surface area contributed by atoms with Crippen LogP contribution in [0.3, 0.4) is 0 Å². The van der Waals surface area contributed by atoms with Gasteiger partial charge >= 0.3 is 0 Å². The van der Waals surface area contributed by atoms with E-state index in [0.717, 1.165) is 25.2 Å². The van der Waals surface area contributed by atoms with Gasteiger partial charge in [0.25, 0.3) is 0 Å². The van der Waals surface area contributed by atoms with Crippen molar-refractivity contribution in [2.45, 2.75) is 25.8 Å². The molecule has 1 aliphatic rings. The first-order valence-electron chi connectivity index (χ1n) is 7.25. The lowest BCUT2D eigenvalue weighted by Crippen LogP contribution is -2.19. The molecule has 2 heteroatoms. The van der Waals surface area contributed by atoms with E-state index >= 15 is 0 Å². The van der Waals surface area contributed by atoms with Crippen LogP contribution >= 0.6 is 0 Å². The standard InChI is InChI=1S/C18H21NO/c1-13-6-8-14(9-7-13)12-17(19-2)16-5-3-4-15-10-11-20-18(15)16/h3-9,17,19H,10-12H2,1-2H3. The SMILES string of the molecule is CNC(Cc1ccc(C)cc1)c1cccc2c1OCC2. The number of hydrogen-bond acceptors (Lipinski definition) is 2. The van der Waals surface area contributed by atoms with Crippen LogP contribution in [0.4, 0.5) is 0 Å². The van der Waals surface area contributed by atoms with Gasteiger partial charge in [-0.05, 0) is 31.5 Å². The first-order valence-corrected chi connectivity index (χ1v) is 7.25. The Kier molecular flexibility index (Phi) is 3.75. The monoisotopic (exact) mass is 267 g/mol. The Morgan fingerprint density at radius 2 is 1.95 bits per heavy atom. The van der Waals surface area contributed by atoms with E-state index in [0.29, 0.717) is 6.04 Å². The number of rotatable bonds is 4. The topological polar surface area (TPSA) is 21.3 Å². The molecule has 0 aliphatic carbocycles. The number of nitrogens with one attached hydrogen (secondary N) is 1. The van der Waals surface area contributed by atoms with E-state index in [4.69, 9.17) is 4.74 Å². The highest BCUT2D eigenvalue weighted by Crippen LogP contribution is 2.34. The van der Waals surface area contributed by atoms with Crippen molar-refractivity contribution >= 4 is 0 Å². The average molecular weight is 267 g/mol. The number of fused-ring (bicyclic) bond motifs is 1. The Hall–Kier alpha value is -1.80. The summed E-state index contributed by atoms with van der Waals surface area (Å²) < 4.78 is 5.83. The van der Waals surface area contributed by atoms with E-state index in [1.165, 1.54) is 22.3 Å². The largest absolute Gasteiger partial charge is 0.493 e. The Bertz CT molecular complexity index is 589. The summed E-state index contributed by atoms with van der Waals surface area (Å²) >= 11 is 0. The first-order chi connectivity index (χ1) is 9.78. The van der Waals surface area contributed by atoms with Crippen molar-refractivity contribution in [3.63, 3.8) is 0 Å². The molecule has 0 bridgehead atoms. The Labute approximate surface area is 120 Å². The highest BCUT2D eigenvalue weighted by Gasteiger charge is 2.21. The van der Waals surface area contributed by atoms with Gasteiger partial charge in [0.2, 0.25) is 0 Å². The van der Waals surface area contributed by atoms with Crippen LogP contribution in [0, 0.1) is 6.92 Å². The van der Waals surface area contributed by atoms with Crippen molar-refractivity contribution in [1.29, 1.82) is 0 Å². The minimum Gasteiger partial charge on any atom is -0.493 e. The molecule has 0 saturated heterocycles. The molecule has 2 aromatic carbocycles. The molecule has 0 amide bonds. The predicted molar refractivity (Wildman–Crippen MR) is 82.3 cm³/mol. The summed E-state index contributed by atoms with van der Waals surface area (Å²) in [5, 5.41) is 3.43. The third-order valence-corrected chi connectivity index (χ3v) is 4.03. The summed E-state index contributed by atoms with van der Waals surface area (Å²) in [5.74, 6) is 1.10. The van der Waals surface area contributed by atoms with E-state index in [1.807, 2.05) is 7.05 Å². The number of hydrogen-bond donors (Lipinski definition) is 1. The van der Waals surface area contributed by atoms with Gasteiger partial charge in [0.1, 0.15) is 5.75 Å². The zero-order valence-electron chi connectivity index (χ0n) is 12.1. The lowest BCUT2D eigenvalue weighted by Gasteiger charge is -2.19. The summed E-state index contributed by atoms with van der Waals surface area (Å²) in [5.41, 5.74) is 5.28. The fourth-order valence-corrected chi connectivity index (χ4v) is 2.84. The van der Waals surface area contributed by atoms with Crippen molar-refractivity contribution in [3.05, 3.63) is 64.7 Å². The van der Waals surface area contributed by atoms with Gasteiger partial charge < -0.3 is 10.1 Å². The van der Waals surface area contributed by atoms with Gasteiger partial charge in [-0.3, -0.25) is 0 Å². The van der Waals surface area contributed by atoms with Crippen LogP contribution in [-0.4, -0.2) is 13.7 Å². The van der Waals surface area contributed by atoms with Crippen molar-refractivity contribution in [2.24, 2.45) is 0 Å². The number of likely N-dealkylation sites (N-methyl/N-ethyl adjacent to an activating group) is 1. The normalized spacial score (nSPS) is 14.7. The molecule has 0 fully saturated rings. The van der Waals surface area contributed by atoms with Gasteiger partial charge in [0, 0.05) is 18.0 Å². The number of ether oxygens (including phenoxy) is 1. The molecular weight excluding hydrogens is 246 g/mol. The fraction of sp³-hybridized carbons (Fsp3) is 0.333. The molecule has 3 rings (SSSR count). The molecule has 20 heavy (non-hydrogen) atoms. The molecule has 1 unspecified atom stereocenters. The number of para-hydroxylation sites is 1. The molecule has 0 aromatic heterocycles. The fourth-order valence-electron chi connectivity index (χ4n) is 2.84. The van der Waals surface area contributed by atoms with Crippen molar-refractivity contribution in [1.82, 2.24) is 5.32 Å². The maximum Gasteiger partial charge on any atom is 0.127 e. The molecule has 1 heterocycles. The van der Waals surface area contributed by atoms with Crippen LogP contribution in [0.2, 0.25) is 0 Å². The maximum absolute atomic E-state index is 5.83. The number of aryl methyl sites for hydroxylation is 1. The molecule has 1 N–H and O–H groups in total. The van der Waals surface area contributed by atoms with Crippen LogP contribution in [0.1, 0.15) is 28.3 Å². The van der Waals surface area contributed by atoms with Gasteiger partial charge in [-0.25, -0.2) is 0 Å². The molecule has 1 aliphatic heterocycles. The van der Waals surface area contributed by atoms with E-state index < -0.39 is 0 Å². The highest BCUT2D eigenvalue weighted by atomic mass is 16.5. The van der Waals surface area contributed by atoms with Crippen molar-refractivity contribution in [2.75, 3.05) is 13.7 Å². The van der Waals surface area contributed by atoms with Crippen molar-refractivity contribution in [3.8, 4) is 5.75 Å². The predicted octanol–water partition coefficient (Wildman–Crippen LogP) is 3.43. The molecule has 2 aromatic rings. The van der Waals surface area contributed by atoms with Crippen molar-refractivity contribution < 1.29 is 4.74 Å².